The molecule has 0 radical (unpaired) electrons. The van der Waals surface area contributed by atoms with Crippen LogP contribution >= 0.6 is 0 Å². The maximum Gasteiger partial charge on any atom is 0.316 e. The van der Waals surface area contributed by atoms with Gasteiger partial charge in [0.05, 0.1) is 14.2 Å². The first-order valence-corrected chi connectivity index (χ1v) is 5.92. The quantitative estimate of drug-likeness (QED) is 0.728. The van der Waals surface area contributed by atoms with Gasteiger partial charge in [-0.25, -0.2) is 4.79 Å². The predicted octanol–water partition coefficient (Wildman–Crippen LogP) is 1.15. The molecule has 2 amide bonds. The SMILES string of the molecule is COCNC(=O)NCCc1ccc(OC)c(OC)c1. The second kappa shape index (κ2) is 8.20. The highest BCUT2D eigenvalue weighted by Gasteiger charge is 2.05. The molecule has 0 aliphatic carbocycles. The molecule has 106 valence electrons. The molecule has 6 nitrogen and oxygen atoms in total. The van der Waals surface area contributed by atoms with Gasteiger partial charge >= 0.3 is 6.03 Å². The molecule has 1 rings (SSSR count). The van der Waals surface area contributed by atoms with Gasteiger partial charge in [-0.05, 0) is 24.1 Å². The number of carbonyl (C=O) groups is 1. The lowest BCUT2D eigenvalue weighted by molar-refractivity contribution is 0.172. The summed E-state index contributed by atoms with van der Waals surface area (Å²) in [6.07, 6.45) is 0.709. The van der Waals surface area contributed by atoms with Crippen molar-refractivity contribution in [2.24, 2.45) is 0 Å². The molecule has 2 N–H and O–H groups in total. The zero-order valence-corrected chi connectivity index (χ0v) is 11.5. The minimum atomic E-state index is -0.248. The van der Waals surface area contributed by atoms with Gasteiger partial charge in [0, 0.05) is 13.7 Å². The van der Waals surface area contributed by atoms with Crippen LogP contribution in [0.4, 0.5) is 4.79 Å². The Bertz CT molecular complexity index is 410. The van der Waals surface area contributed by atoms with E-state index in [2.05, 4.69) is 10.6 Å². The monoisotopic (exact) mass is 268 g/mol. The lowest BCUT2D eigenvalue weighted by Gasteiger charge is -2.10. The molecule has 0 saturated carbocycles. The number of nitrogens with one attached hydrogen (secondary N) is 2. The van der Waals surface area contributed by atoms with Crippen molar-refractivity contribution in [1.29, 1.82) is 0 Å². The highest BCUT2D eigenvalue weighted by molar-refractivity contribution is 5.73. The molecule has 0 aromatic heterocycles. The van der Waals surface area contributed by atoms with Crippen molar-refractivity contribution in [1.82, 2.24) is 10.6 Å². The lowest BCUT2D eigenvalue weighted by Crippen LogP contribution is -2.37. The van der Waals surface area contributed by atoms with Crippen molar-refractivity contribution in [3.8, 4) is 11.5 Å². The molecule has 1 aromatic rings. The van der Waals surface area contributed by atoms with Crippen LogP contribution in [0.3, 0.4) is 0 Å². The summed E-state index contributed by atoms with van der Waals surface area (Å²) in [4.78, 5) is 11.3. The number of hydrogen-bond acceptors (Lipinski definition) is 4. The van der Waals surface area contributed by atoms with Gasteiger partial charge in [0.1, 0.15) is 6.73 Å². The van der Waals surface area contributed by atoms with Gasteiger partial charge in [-0.2, -0.15) is 0 Å². The average Bonchev–Trinajstić information content (AvgIpc) is 2.44. The van der Waals surface area contributed by atoms with Gasteiger partial charge in [-0.1, -0.05) is 6.07 Å². The highest BCUT2D eigenvalue weighted by atomic mass is 16.5. The van der Waals surface area contributed by atoms with Crippen molar-refractivity contribution in [2.75, 3.05) is 34.6 Å². The van der Waals surface area contributed by atoms with E-state index < -0.39 is 0 Å². The Hall–Kier alpha value is -1.95. The second-order valence-corrected chi connectivity index (χ2v) is 3.81. The largest absolute Gasteiger partial charge is 0.493 e. The zero-order valence-electron chi connectivity index (χ0n) is 11.5. The standard InChI is InChI=1S/C13H20N2O4/c1-17-9-15-13(16)14-7-6-10-4-5-11(18-2)12(8-10)19-3/h4-5,8H,6-7,9H2,1-3H3,(H2,14,15,16). The summed E-state index contributed by atoms with van der Waals surface area (Å²) in [6.45, 7) is 0.729. The molecular weight excluding hydrogens is 248 g/mol. The van der Waals surface area contributed by atoms with Gasteiger partial charge < -0.3 is 24.8 Å². The molecule has 0 spiro atoms. The van der Waals surface area contributed by atoms with Crippen LogP contribution in [0.1, 0.15) is 5.56 Å². The molecule has 0 bridgehead atoms. The fraction of sp³-hybridized carbons (Fsp3) is 0.462. The number of ether oxygens (including phenoxy) is 3. The van der Waals surface area contributed by atoms with E-state index in [1.165, 1.54) is 7.11 Å². The Kier molecular flexibility index (Phi) is 6.52. The Labute approximate surface area is 113 Å². The normalized spacial score (nSPS) is 9.84. The third kappa shape index (κ3) is 5.05. The molecule has 6 heteroatoms. The molecule has 0 aliphatic heterocycles. The topological polar surface area (TPSA) is 68.8 Å². The number of methoxy groups -OCH3 is 3. The highest BCUT2D eigenvalue weighted by Crippen LogP contribution is 2.27. The lowest BCUT2D eigenvalue weighted by atomic mass is 10.1. The first kappa shape index (κ1) is 15.1. The number of amides is 2. The molecule has 19 heavy (non-hydrogen) atoms. The van der Waals surface area contributed by atoms with Crippen LogP contribution in [-0.4, -0.2) is 40.6 Å². The molecule has 0 atom stereocenters. The van der Waals surface area contributed by atoms with Crippen molar-refractivity contribution < 1.29 is 19.0 Å². The average molecular weight is 268 g/mol. The van der Waals surface area contributed by atoms with E-state index in [4.69, 9.17) is 14.2 Å². The van der Waals surface area contributed by atoms with Gasteiger partial charge in [-0.15, -0.1) is 0 Å². The number of urea groups is 1. The van der Waals surface area contributed by atoms with Crippen LogP contribution in [0.15, 0.2) is 18.2 Å². The van der Waals surface area contributed by atoms with E-state index in [1.807, 2.05) is 18.2 Å². The van der Waals surface area contributed by atoms with Crippen LogP contribution in [0.25, 0.3) is 0 Å². The first-order valence-electron chi connectivity index (χ1n) is 5.92. The fourth-order valence-corrected chi connectivity index (χ4v) is 1.56. The number of carbonyl (C=O) groups excluding carboxylic acids is 1. The molecule has 0 aliphatic rings. The molecule has 0 unspecified atom stereocenters. The smallest absolute Gasteiger partial charge is 0.316 e. The van der Waals surface area contributed by atoms with Crippen LogP contribution in [-0.2, 0) is 11.2 Å². The van der Waals surface area contributed by atoms with Crippen molar-refractivity contribution in [3.05, 3.63) is 23.8 Å². The van der Waals surface area contributed by atoms with E-state index in [1.54, 1.807) is 14.2 Å². The number of rotatable bonds is 7. The maximum absolute atomic E-state index is 11.3. The Morgan fingerprint density at radius 1 is 1.11 bits per heavy atom. The fourth-order valence-electron chi connectivity index (χ4n) is 1.56. The van der Waals surface area contributed by atoms with E-state index in [0.717, 1.165) is 5.56 Å². The summed E-state index contributed by atoms with van der Waals surface area (Å²) in [6, 6.07) is 5.44. The van der Waals surface area contributed by atoms with Crippen molar-refractivity contribution in [2.45, 2.75) is 6.42 Å². The molecule has 1 aromatic carbocycles. The minimum absolute atomic E-state index is 0.197. The van der Waals surface area contributed by atoms with Crippen molar-refractivity contribution >= 4 is 6.03 Å². The van der Waals surface area contributed by atoms with E-state index in [0.29, 0.717) is 24.5 Å². The summed E-state index contributed by atoms with van der Waals surface area (Å²) >= 11 is 0. The summed E-state index contributed by atoms with van der Waals surface area (Å²) in [5.41, 5.74) is 1.06. The summed E-state index contributed by atoms with van der Waals surface area (Å²) in [5.74, 6) is 1.38. The molecular formula is C13H20N2O4. The van der Waals surface area contributed by atoms with Crippen LogP contribution < -0.4 is 20.1 Å². The van der Waals surface area contributed by atoms with Crippen molar-refractivity contribution in [3.63, 3.8) is 0 Å². The number of hydrogen-bond donors (Lipinski definition) is 2. The maximum atomic E-state index is 11.3. The molecule has 0 saturated heterocycles. The Balaban J connectivity index is 2.43. The summed E-state index contributed by atoms with van der Waals surface area (Å²) < 4.78 is 15.1. The van der Waals surface area contributed by atoms with E-state index >= 15 is 0 Å². The van der Waals surface area contributed by atoms with Crippen LogP contribution in [0, 0.1) is 0 Å². The third-order valence-corrected chi connectivity index (χ3v) is 2.52. The van der Waals surface area contributed by atoms with Crippen LogP contribution in [0.2, 0.25) is 0 Å². The Morgan fingerprint density at radius 3 is 2.47 bits per heavy atom. The van der Waals surface area contributed by atoms with Gasteiger partial charge in [-0.3, -0.25) is 0 Å². The van der Waals surface area contributed by atoms with E-state index in [-0.39, 0.29) is 12.8 Å². The van der Waals surface area contributed by atoms with Gasteiger partial charge in [0.15, 0.2) is 11.5 Å². The molecule has 0 heterocycles. The first-order chi connectivity index (χ1) is 9.21. The summed E-state index contributed by atoms with van der Waals surface area (Å²) in [7, 11) is 4.71. The van der Waals surface area contributed by atoms with E-state index in [9.17, 15) is 4.79 Å². The minimum Gasteiger partial charge on any atom is -0.493 e. The van der Waals surface area contributed by atoms with Gasteiger partial charge in [0.2, 0.25) is 0 Å². The van der Waals surface area contributed by atoms with Gasteiger partial charge in [0.25, 0.3) is 0 Å². The second-order valence-electron chi connectivity index (χ2n) is 3.81. The summed E-state index contributed by atoms with van der Waals surface area (Å²) in [5, 5.41) is 5.27. The molecule has 0 fully saturated rings. The predicted molar refractivity (Wildman–Crippen MR) is 71.7 cm³/mol. The van der Waals surface area contributed by atoms with Crippen LogP contribution in [0.5, 0.6) is 11.5 Å². The number of benzene rings is 1. The zero-order chi connectivity index (χ0) is 14.1. The third-order valence-electron chi connectivity index (χ3n) is 2.52. The Morgan fingerprint density at radius 2 is 1.84 bits per heavy atom.